The number of methoxy groups -OCH3 is 2. The normalized spacial score (nSPS) is 10.2. The number of hydrogen-bond acceptors (Lipinski definition) is 5. The first-order valence-electron chi connectivity index (χ1n) is 6.53. The molecule has 0 aliphatic carbocycles. The van der Waals surface area contributed by atoms with Crippen molar-refractivity contribution in [2.75, 3.05) is 14.2 Å². The van der Waals surface area contributed by atoms with Gasteiger partial charge in [0.2, 0.25) is 0 Å². The molecule has 0 radical (unpaired) electrons. The van der Waals surface area contributed by atoms with Crippen molar-refractivity contribution in [3.05, 3.63) is 45.0 Å². The molecular formula is C15H16IN3O3. The maximum absolute atomic E-state index is 12.3. The zero-order chi connectivity index (χ0) is 16.1. The fourth-order valence-corrected chi connectivity index (χ4v) is 2.58. The molecule has 1 aromatic carbocycles. The molecule has 0 saturated heterocycles. The van der Waals surface area contributed by atoms with E-state index in [9.17, 15) is 4.79 Å². The fourth-order valence-electron chi connectivity index (χ4n) is 1.90. The zero-order valence-electron chi connectivity index (χ0n) is 12.5. The average molecular weight is 413 g/mol. The lowest BCUT2D eigenvalue weighted by atomic mass is 10.2. The second-order valence-corrected chi connectivity index (χ2v) is 5.63. The van der Waals surface area contributed by atoms with Crippen molar-refractivity contribution in [2.24, 2.45) is 0 Å². The number of carbonyl (C=O) groups is 1. The highest BCUT2D eigenvalue weighted by atomic mass is 127. The maximum atomic E-state index is 12.3. The number of halogens is 1. The standard InChI is InChI=1S/C15H16IN3O3/c1-9-17-5-4-10(19-9)8-18-15(20)11-6-13(21-2)14(22-3)7-12(11)16/h4-7H,8H2,1-3H3,(H,18,20). The molecule has 0 spiro atoms. The summed E-state index contributed by atoms with van der Waals surface area (Å²) in [6.45, 7) is 2.15. The van der Waals surface area contributed by atoms with Crippen molar-refractivity contribution in [1.82, 2.24) is 15.3 Å². The van der Waals surface area contributed by atoms with Crippen LogP contribution in [0.5, 0.6) is 11.5 Å². The molecule has 1 amide bonds. The lowest BCUT2D eigenvalue weighted by molar-refractivity contribution is 0.0949. The van der Waals surface area contributed by atoms with Gasteiger partial charge in [0, 0.05) is 9.77 Å². The lowest BCUT2D eigenvalue weighted by Gasteiger charge is -2.12. The van der Waals surface area contributed by atoms with E-state index in [1.807, 2.05) is 6.92 Å². The van der Waals surface area contributed by atoms with Gasteiger partial charge in [0.1, 0.15) is 5.82 Å². The van der Waals surface area contributed by atoms with Crippen molar-refractivity contribution in [3.63, 3.8) is 0 Å². The molecule has 0 unspecified atom stereocenters. The van der Waals surface area contributed by atoms with E-state index < -0.39 is 0 Å². The number of aryl methyl sites for hydroxylation is 1. The van der Waals surface area contributed by atoms with Gasteiger partial charge in [0.15, 0.2) is 11.5 Å². The summed E-state index contributed by atoms with van der Waals surface area (Å²) in [6.07, 6.45) is 1.67. The van der Waals surface area contributed by atoms with E-state index in [2.05, 4.69) is 37.9 Å². The van der Waals surface area contributed by atoms with Crippen LogP contribution in [0.3, 0.4) is 0 Å². The first kappa shape index (κ1) is 16.5. The van der Waals surface area contributed by atoms with Gasteiger partial charge in [-0.1, -0.05) is 0 Å². The van der Waals surface area contributed by atoms with Crippen LogP contribution in [0.2, 0.25) is 0 Å². The van der Waals surface area contributed by atoms with Gasteiger partial charge in [0.25, 0.3) is 5.91 Å². The minimum Gasteiger partial charge on any atom is -0.493 e. The molecule has 0 aliphatic rings. The summed E-state index contributed by atoms with van der Waals surface area (Å²) in [5, 5.41) is 2.84. The average Bonchev–Trinajstić information content (AvgIpc) is 2.52. The Hall–Kier alpha value is -1.90. The summed E-state index contributed by atoms with van der Waals surface area (Å²) < 4.78 is 11.2. The summed E-state index contributed by atoms with van der Waals surface area (Å²) >= 11 is 2.10. The molecule has 22 heavy (non-hydrogen) atoms. The third-order valence-corrected chi connectivity index (χ3v) is 3.87. The highest BCUT2D eigenvalue weighted by molar-refractivity contribution is 14.1. The second kappa shape index (κ2) is 7.39. The van der Waals surface area contributed by atoms with E-state index in [1.165, 1.54) is 7.11 Å². The van der Waals surface area contributed by atoms with Crippen LogP contribution in [0.15, 0.2) is 24.4 Å². The number of rotatable bonds is 5. The summed E-state index contributed by atoms with van der Waals surface area (Å²) in [6, 6.07) is 5.21. The molecule has 0 fully saturated rings. The van der Waals surface area contributed by atoms with Crippen LogP contribution in [-0.2, 0) is 6.54 Å². The fraction of sp³-hybridized carbons (Fsp3) is 0.267. The molecular weight excluding hydrogens is 397 g/mol. The van der Waals surface area contributed by atoms with Crippen LogP contribution in [0.4, 0.5) is 0 Å². The van der Waals surface area contributed by atoms with Crippen LogP contribution in [0.25, 0.3) is 0 Å². The summed E-state index contributed by atoms with van der Waals surface area (Å²) in [5.74, 6) is 1.59. The van der Waals surface area contributed by atoms with Gasteiger partial charge >= 0.3 is 0 Å². The van der Waals surface area contributed by atoms with Crippen molar-refractivity contribution >= 4 is 28.5 Å². The Labute approximate surface area is 142 Å². The predicted molar refractivity (Wildman–Crippen MR) is 90.2 cm³/mol. The Bertz CT molecular complexity index is 692. The number of nitrogens with one attached hydrogen (secondary N) is 1. The summed E-state index contributed by atoms with van der Waals surface area (Å²) in [4.78, 5) is 20.6. The summed E-state index contributed by atoms with van der Waals surface area (Å²) in [7, 11) is 3.10. The Morgan fingerprint density at radius 2 is 1.95 bits per heavy atom. The number of aromatic nitrogens is 2. The smallest absolute Gasteiger partial charge is 0.252 e. The molecule has 116 valence electrons. The number of hydrogen-bond donors (Lipinski definition) is 1. The van der Waals surface area contributed by atoms with E-state index in [0.29, 0.717) is 29.4 Å². The number of carbonyl (C=O) groups excluding carboxylic acids is 1. The molecule has 1 N–H and O–H groups in total. The quantitative estimate of drug-likeness (QED) is 0.762. The molecule has 7 heteroatoms. The monoisotopic (exact) mass is 413 g/mol. The molecule has 0 aliphatic heterocycles. The van der Waals surface area contributed by atoms with Gasteiger partial charge in [0.05, 0.1) is 32.0 Å². The Morgan fingerprint density at radius 1 is 1.27 bits per heavy atom. The molecule has 0 atom stereocenters. The van der Waals surface area contributed by atoms with Crippen LogP contribution in [-0.4, -0.2) is 30.1 Å². The van der Waals surface area contributed by atoms with Gasteiger partial charge < -0.3 is 14.8 Å². The van der Waals surface area contributed by atoms with E-state index in [1.54, 1.807) is 31.5 Å². The summed E-state index contributed by atoms with van der Waals surface area (Å²) in [5.41, 5.74) is 1.29. The minimum atomic E-state index is -0.193. The third kappa shape index (κ3) is 3.85. The van der Waals surface area contributed by atoms with Gasteiger partial charge in [-0.05, 0) is 47.7 Å². The van der Waals surface area contributed by atoms with E-state index in [0.717, 1.165) is 9.26 Å². The molecule has 0 bridgehead atoms. The highest BCUT2D eigenvalue weighted by Gasteiger charge is 2.15. The highest BCUT2D eigenvalue weighted by Crippen LogP contribution is 2.31. The first-order valence-corrected chi connectivity index (χ1v) is 7.61. The largest absolute Gasteiger partial charge is 0.493 e. The van der Waals surface area contributed by atoms with Gasteiger partial charge in [-0.15, -0.1) is 0 Å². The van der Waals surface area contributed by atoms with Crippen LogP contribution >= 0.6 is 22.6 Å². The SMILES string of the molecule is COc1cc(I)c(C(=O)NCc2ccnc(C)n2)cc1OC. The number of nitrogens with zero attached hydrogens (tertiary/aromatic N) is 2. The topological polar surface area (TPSA) is 73.3 Å². The number of benzene rings is 1. The maximum Gasteiger partial charge on any atom is 0.252 e. The minimum absolute atomic E-state index is 0.193. The number of ether oxygens (including phenoxy) is 2. The third-order valence-electron chi connectivity index (χ3n) is 2.98. The van der Waals surface area contributed by atoms with Crippen molar-refractivity contribution < 1.29 is 14.3 Å². The molecule has 2 rings (SSSR count). The zero-order valence-corrected chi connectivity index (χ0v) is 14.7. The number of amides is 1. The molecule has 6 nitrogen and oxygen atoms in total. The Kier molecular flexibility index (Phi) is 5.53. The van der Waals surface area contributed by atoms with Gasteiger partial charge in [-0.25, -0.2) is 9.97 Å². The van der Waals surface area contributed by atoms with Crippen LogP contribution in [0, 0.1) is 10.5 Å². The molecule has 1 heterocycles. The van der Waals surface area contributed by atoms with Crippen LogP contribution in [0.1, 0.15) is 21.9 Å². The predicted octanol–water partition coefficient (Wildman–Crippen LogP) is 2.34. The molecule has 0 saturated carbocycles. The van der Waals surface area contributed by atoms with E-state index >= 15 is 0 Å². The van der Waals surface area contributed by atoms with E-state index in [4.69, 9.17) is 9.47 Å². The second-order valence-electron chi connectivity index (χ2n) is 4.46. The lowest BCUT2D eigenvalue weighted by Crippen LogP contribution is -2.24. The Balaban J connectivity index is 2.15. The van der Waals surface area contributed by atoms with E-state index in [-0.39, 0.29) is 5.91 Å². The van der Waals surface area contributed by atoms with Gasteiger partial charge in [-0.2, -0.15) is 0 Å². The van der Waals surface area contributed by atoms with Crippen molar-refractivity contribution in [3.8, 4) is 11.5 Å². The Morgan fingerprint density at radius 3 is 2.59 bits per heavy atom. The van der Waals surface area contributed by atoms with Crippen LogP contribution < -0.4 is 14.8 Å². The molecule has 2 aromatic rings. The first-order chi connectivity index (χ1) is 10.5. The van der Waals surface area contributed by atoms with Crippen molar-refractivity contribution in [2.45, 2.75) is 13.5 Å². The van der Waals surface area contributed by atoms with Crippen molar-refractivity contribution in [1.29, 1.82) is 0 Å². The molecule has 1 aromatic heterocycles. The van der Waals surface area contributed by atoms with Gasteiger partial charge in [-0.3, -0.25) is 4.79 Å².